The molecule has 124 valence electrons. The Morgan fingerprint density at radius 1 is 1.38 bits per heavy atom. The summed E-state index contributed by atoms with van der Waals surface area (Å²) in [6.45, 7) is 8.00. The molecule has 3 atom stereocenters. The molecule has 1 fully saturated rings. The van der Waals surface area contributed by atoms with E-state index in [0.717, 1.165) is 25.9 Å². The summed E-state index contributed by atoms with van der Waals surface area (Å²) < 4.78 is 11.3. The maximum atomic E-state index is 12.2. The predicted octanol–water partition coefficient (Wildman–Crippen LogP) is 1.79. The second-order valence-electron chi connectivity index (χ2n) is 6.42. The van der Waals surface area contributed by atoms with Crippen molar-refractivity contribution in [3.8, 4) is 0 Å². The summed E-state index contributed by atoms with van der Waals surface area (Å²) in [5.74, 6) is 0.451. The van der Waals surface area contributed by atoms with Gasteiger partial charge in [-0.1, -0.05) is 13.8 Å². The zero-order valence-corrected chi connectivity index (χ0v) is 14.0. The molecule has 0 spiro atoms. The molecular weight excluding hydrogens is 268 g/mol. The van der Waals surface area contributed by atoms with Crippen LogP contribution in [-0.4, -0.2) is 55.9 Å². The topological polar surface area (TPSA) is 64.8 Å². The quantitative estimate of drug-likeness (QED) is 0.742. The molecule has 0 bridgehead atoms. The molecule has 5 nitrogen and oxygen atoms in total. The van der Waals surface area contributed by atoms with Crippen molar-refractivity contribution in [2.24, 2.45) is 11.7 Å². The molecule has 1 saturated heterocycles. The Hall–Kier alpha value is -0.650. The van der Waals surface area contributed by atoms with E-state index in [-0.39, 0.29) is 18.1 Å². The zero-order valence-electron chi connectivity index (χ0n) is 14.0. The van der Waals surface area contributed by atoms with Crippen LogP contribution in [0.5, 0.6) is 0 Å². The fraction of sp³-hybridized carbons (Fsp3) is 0.938. The molecule has 0 radical (unpaired) electrons. The van der Waals surface area contributed by atoms with Crippen molar-refractivity contribution in [3.05, 3.63) is 0 Å². The van der Waals surface area contributed by atoms with Crippen LogP contribution >= 0.6 is 0 Å². The molecule has 0 aromatic rings. The third-order valence-corrected chi connectivity index (χ3v) is 4.18. The minimum atomic E-state index is -0.421. The minimum absolute atomic E-state index is 0.0155. The fourth-order valence-corrected chi connectivity index (χ4v) is 2.36. The fourth-order valence-electron chi connectivity index (χ4n) is 2.36. The van der Waals surface area contributed by atoms with E-state index in [1.807, 2.05) is 14.0 Å². The summed E-state index contributed by atoms with van der Waals surface area (Å²) in [7, 11) is 1.81. The van der Waals surface area contributed by atoms with Crippen molar-refractivity contribution < 1.29 is 14.3 Å². The number of nitrogens with two attached hydrogens (primary N) is 1. The average molecular weight is 300 g/mol. The Morgan fingerprint density at radius 3 is 2.67 bits per heavy atom. The van der Waals surface area contributed by atoms with E-state index in [0.29, 0.717) is 19.1 Å². The number of carbonyl (C=O) groups excluding carboxylic acids is 1. The molecule has 0 aliphatic carbocycles. The lowest BCUT2D eigenvalue weighted by molar-refractivity contribution is -0.144. The van der Waals surface area contributed by atoms with E-state index in [1.165, 1.54) is 6.42 Å². The minimum Gasteiger partial charge on any atom is -0.376 e. The molecule has 1 rings (SSSR count). The molecule has 21 heavy (non-hydrogen) atoms. The van der Waals surface area contributed by atoms with Crippen LogP contribution in [0.2, 0.25) is 0 Å². The number of rotatable bonds is 8. The van der Waals surface area contributed by atoms with Gasteiger partial charge in [0.25, 0.3) is 5.91 Å². The van der Waals surface area contributed by atoms with Crippen LogP contribution in [0.4, 0.5) is 0 Å². The van der Waals surface area contributed by atoms with Gasteiger partial charge >= 0.3 is 0 Å². The number of amides is 1. The number of nitrogens with zero attached hydrogens (tertiary/aromatic N) is 1. The Morgan fingerprint density at radius 2 is 2.10 bits per heavy atom. The summed E-state index contributed by atoms with van der Waals surface area (Å²) in [5.41, 5.74) is 6.01. The highest BCUT2D eigenvalue weighted by Crippen LogP contribution is 2.14. The Bertz CT molecular complexity index is 304. The molecule has 1 amide bonds. The summed E-state index contributed by atoms with van der Waals surface area (Å²) in [5, 5.41) is 0. The Labute approximate surface area is 129 Å². The number of hydrogen-bond donors (Lipinski definition) is 1. The smallest absolute Gasteiger partial charge is 0.251 e. The Balaban J connectivity index is 2.25. The van der Waals surface area contributed by atoms with Gasteiger partial charge in [0.1, 0.15) is 6.10 Å². The van der Waals surface area contributed by atoms with Gasteiger partial charge in [-0.05, 0) is 38.5 Å². The maximum absolute atomic E-state index is 12.2. The van der Waals surface area contributed by atoms with Crippen molar-refractivity contribution in [2.45, 2.75) is 64.7 Å². The normalized spacial score (nSPS) is 22.1. The molecule has 0 saturated carbocycles. The highest BCUT2D eigenvalue weighted by Gasteiger charge is 2.21. The number of carbonyl (C=O) groups is 1. The van der Waals surface area contributed by atoms with Gasteiger partial charge in [0.05, 0.1) is 12.7 Å². The monoisotopic (exact) mass is 300 g/mol. The van der Waals surface area contributed by atoms with Gasteiger partial charge in [0, 0.05) is 26.2 Å². The summed E-state index contributed by atoms with van der Waals surface area (Å²) in [6.07, 6.45) is 3.88. The van der Waals surface area contributed by atoms with Crippen LogP contribution in [0, 0.1) is 5.92 Å². The SMILES string of the molecule is CC(OCC1CCCCO1)C(=O)N(C)CCC(N)C(C)C. The van der Waals surface area contributed by atoms with Gasteiger partial charge in [-0.15, -0.1) is 0 Å². The first-order chi connectivity index (χ1) is 9.91. The lowest BCUT2D eigenvalue weighted by Crippen LogP contribution is -2.40. The van der Waals surface area contributed by atoms with Gasteiger partial charge in [0.15, 0.2) is 0 Å². The molecule has 0 aromatic carbocycles. The second-order valence-corrected chi connectivity index (χ2v) is 6.42. The Kier molecular flexibility index (Phi) is 8.22. The third kappa shape index (κ3) is 6.76. The van der Waals surface area contributed by atoms with Crippen molar-refractivity contribution in [2.75, 3.05) is 26.8 Å². The molecule has 5 heteroatoms. The van der Waals surface area contributed by atoms with Crippen molar-refractivity contribution >= 4 is 5.91 Å². The van der Waals surface area contributed by atoms with Gasteiger partial charge in [-0.2, -0.15) is 0 Å². The van der Waals surface area contributed by atoms with Crippen LogP contribution in [-0.2, 0) is 14.3 Å². The molecule has 1 aliphatic rings. The average Bonchev–Trinajstić information content (AvgIpc) is 2.49. The van der Waals surface area contributed by atoms with Gasteiger partial charge in [-0.25, -0.2) is 0 Å². The first-order valence-corrected chi connectivity index (χ1v) is 8.15. The van der Waals surface area contributed by atoms with Gasteiger partial charge < -0.3 is 20.1 Å². The van der Waals surface area contributed by atoms with Crippen LogP contribution < -0.4 is 5.73 Å². The summed E-state index contributed by atoms with van der Waals surface area (Å²) >= 11 is 0. The largest absolute Gasteiger partial charge is 0.376 e. The van der Waals surface area contributed by atoms with Crippen LogP contribution in [0.25, 0.3) is 0 Å². The lowest BCUT2D eigenvalue weighted by Gasteiger charge is -2.26. The maximum Gasteiger partial charge on any atom is 0.251 e. The van der Waals surface area contributed by atoms with E-state index in [2.05, 4.69) is 13.8 Å². The van der Waals surface area contributed by atoms with Crippen molar-refractivity contribution in [1.82, 2.24) is 4.90 Å². The van der Waals surface area contributed by atoms with E-state index in [9.17, 15) is 4.79 Å². The second kappa shape index (κ2) is 9.38. The first kappa shape index (κ1) is 18.4. The molecule has 3 unspecified atom stereocenters. The molecule has 1 aliphatic heterocycles. The summed E-state index contributed by atoms with van der Waals surface area (Å²) in [6, 6.07) is 0.132. The molecule has 0 aromatic heterocycles. The standard InChI is InChI=1S/C16H32N2O3/c1-12(2)15(17)8-9-18(4)16(19)13(3)21-11-14-7-5-6-10-20-14/h12-15H,5-11,17H2,1-4H3. The highest BCUT2D eigenvalue weighted by atomic mass is 16.5. The van der Waals surface area contributed by atoms with E-state index >= 15 is 0 Å². The molecule has 1 heterocycles. The summed E-state index contributed by atoms with van der Waals surface area (Å²) in [4.78, 5) is 13.9. The highest BCUT2D eigenvalue weighted by molar-refractivity contribution is 5.80. The molecular formula is C16H32N2O3. The third-order valence-electron chi connectivity index (χ3n) is 4.18. The van der Waals surface area contributed by atoms with Crippen LogP contribution in [0.1, 0.15) is 46.5 Å². The van der Waals surface area contributed by atoms with Crippen LogP contribution in [0.3, 0.4) is 0 Å². The van der Waals surface area contributed by atoms with Crippen molar-refractivity contribution in [1.29, 1.82) is 0 Å². The predicted molar refractivity (Wildman–Crippen MR) is 84.1 cm³/mol. The van der Waals surface area contributed by atoms with Gasteiger partial charge in [0.2, 0.25) is 0 Å². The van der Waals surface area contributed by atoms with E-state index < -0.39 is 6.10 Å². The number of likely N-dealkylation sites (N-methyl/N-ethyl adjacent to an activating group) is 1. The number of ether oxygens (including phenoxy) is 2. The van der Waals surface area contributed by atoms with E-state index in [4.69, 9.17) is 15.2 Å². The zero-order chi connectivity index (χ0) is 15.8. The van der Waals surface area contributed by atoms with Crippen LogP contribution in [0.15, 0.2) is 0 Å². The first-order valence-electron chi connectivity index (χ1n) is 8.15. The van der Waals surface area contributed by atoms with E-state index in [1.54, 1.807) is 4.90 Å². The van der Waals surface area contributed by atoms with Crippen molar-refractivity contribution in [3.63, 3.8) is 0 Å². The lowest BCUT2D eigenvalue weighted by atomic mass is 10.0. The number of hydrogen-bond acceptors (Lipinski definition) is 4. The molecule has 2 N–H and O–H groups in total. The van der Waals surface area contributed by atoms with Gasteiger partial charge in [-0.3, -0.25) is 4.79 Å².